The minimum absolute atomic E-state index is 0.595. The fraction of sp³-hybridized carbons (Fsp3) is 0. The van der Waals surface area contributed by atoms with Gasteiger partial charge in [0.25, 0.3) is 0 Å². The van der Waals surface area contributed by atoms with Gasteiger partial charge in [0, 0.05) is 16.3 Å². The van der Waals surface area contributed by atoms with Crippen LogP contribution in [-0.2, 0) is 4.79 Å². The van der Waals surface area contributed by atoms with Crippen LogP contribution in [0.4, 0.5) is 0 Å². The standard InChI is InChI=1S/C15H8O2/c16-9-3-4-11-7-8-15-13(10-11)12-5-1-2-6-14(12)17-15/h1-2,5-10H. The molecule has 2 aromatic carbocycles. The smallest absolute Gasteiger partial charge is 0.193 e. The van der Waals surface area contributed by atoms with Crippen molar-refractivity contribution in [3.63, 3.8) is 0 Å². The van der Waals surface area contributed by atoms with Gasteiger partial charge in [0.05, 0.1) is 0 Å². The quantitative estimate of drug-likeness (QED) is 0.430. The van der Waals surface area contributed by atoms with E-state index in [1.807, 2.05) is 42.5 Å². The van der Waals surface area contributed by atoms with E-state index in [9.17, 15) is 4.79 Å². The number of benzene rings is 2. The first-order valence-corrected chi connectivity index (χ1v) is 5.25. The monoisotopic (exact) mass is 220 g/mol. The summed E-state index contributed by atoms with van der Waals surface area (Å²) < 4.78 is 5.69. The third kappa shape index (κ3) is 1.58. The minimum Gasteiger partial charge on any atom is -0.456 e. The number of hydrogen-bond donors (Lipinski definition) is 0. The summed E-state index contributed by atoms with van der Waals surface area (Å²) in [7, 11) is 0. The first-order chi connectivity index (χ1) is 8.38. The van der Waals surface area contributed by atoms with E-state index in [2.05, 4.69) is 11.8 Å². The Morgan fingerprint density at radius 2 is 1.82 bits per heavy atom. The van der Waals surface area contributed by atoms with Crippen molar-refractivity contribution in [2.75, 3.05) is 0 Å². The normalized spacial score (nSPS) is 10.1. The van der Waals surface area contributed by atoms with Gasteiger partial charge < -0.3 is 4.42 Å². The Labute approximate surface area is 97.8 Å². The zero-order valence-electron chi connectivity index (χ0n) is 8.94. The summed E-state index contributed by atoms with van der Waals surface area (Å²) in [6.07, 6.45) is 0.595. The van der Waals surface area contributed by atoms with Gasteiger partial charge in [0.15, 0.2) is 6.29 Å². The van der Waals surface area contributed by atoms with Crippen molar-refractivity contribution in [1.82, 2.24) is 0 Å². The van der Waals surface area contributed by atoms with Gasteiger partial charge in [0.1, 0.15) is 11.2 Å². The number of aldehydes is 1. The summed E-state index contributed by atoms with van der Waals surface area (Å²) in [5.74, 6) is 5.19. The van der Waals surface area contributed by atoms with Crippen molar-refractivity contribution in [2.24, 2.45) is 0 Å². The van der Waals surface area contributed by atoms with E-state index < -0.39 is 0 Å². The van der Waals surface area contributed by atoms with E-state index in [0.717, 1.165) is 27.5 Å². The molecule has 0 aliphatic carbocycles. The molecule has 0 N–H and O–H groups in total. The van der Waals surface area contributed by atoms with Crippen LogP contribution in [-0.4, -0.2) is 6.29 Å². The van der Waals surface area contributed by atoms with Crippen molar-refractivity contribution in [3.05, 3.63) is 48.0 Å². The molecule has 0 aliphatic heterocycles. The number of furan rings is 1. The molecule has 1 aromatic heterocycles. The van der Waals surface area contributed by atoms with Crippen molar-refractivity contribution in [3.8, 4) is 11.8 Å². The zero-order chi connectivity index (χ0) is 11.7. The highest BCUT2D eigenvalue weighted by Crippen LogP contribution is 2.28. The second-order valence-electron chi connectivity index (χ2n) is 3.70. The summed E-state index contributed by atoms with van der Waals surface area (Å²) in [5.41, 5.74) is 2.52. The highest BCUT2D eigenvalue weighted by atomic mass is 16.3. The maximum Gasteiger partial charge on any atom is 0.193 e. The highest BCUT2D eigenvalue weighted by molar-refractivity contribution is 6.05. The molecule has 2 heteroatoms. The van der Waals surface area contributed by atoms with Crippen LogP contribution in [0.5, 0.6) is 0 Å². The molecular formula is C15H8O2. The summed E-state index contributed by atoms with van der Waals surface area (Å²) in [4.78, 5) is 10.2. The lowest BCUT2D eigenvalue weighted by Crippen LogP contribution is -1.74. The predicted molar refractivity (Wildman–Crippen MR) is 66.7 cm³/mol. The van der Waals surface area contributed by atoms with Crippen LogP contribution < -0.4 is 0 Å². The lowest BCUT2D eigenvalue weighted by Gasteiger charge is -1.90. The Hall–Kier alpha value is -2.53. The number of carbonyl (C=O) groups excluding carboxylic acids is 1. The van der Waals surface area contributed by atoms with E-state index in [0.29, 0.717) is 6.29 Å². The fourth-order valence-electron chi connectivity index (χ4n) is 1.92. The SMILES string of the molecule is O=CC#Cc1ccc2oc3ccccc3c2c1. The number of rotatable bonds is 0. The molecule has 0 unspecified atom stereocenters. The molecule has 0 atom stereocenters. The van der Waals surface area contributed by atoms with Gasteiger partial charge in [-0.1, -0.05) is 24.1 Å². The molecule has 3 aromatic rings. The number of fused-ring (bicyclic) bond motifs is 3. The van der Waals surface area contributed by atoms with Crippen molar-refractivity contribution < 1.29 is 9.21 Å². The molecule has 1 heterocycles. The second-order valence-corrected chi connectivity index (χ2v) is 3.70. The summed E-state index contributed by atoms with van der Waals surface area (Å²) in [6.45, 7) is 0. The molecule has 17 heavy (non-hydrogen) atoms. The Balaban J connectivity index is 2.33. The summed E-state index contributed by atoms with van der Waals surface area (Å²) in [6, 6.07) is 13.5. The maximum atomic E-state index is 10.2. The third-order valence-corrected chi connectivity index (χ3v) is 2.65. The Morgan fingerprint density at radius 1 is 1.00 bits per heavy atom. The van der Waals surface area contributed by atoms with Crippen LogP contribution >= 0.6 is 0 Å². The summed E-state index contributed by atoms with van der Waals surface area (Å²) in [5, 5.41) is 2.09. The van der Waals surface area contributed by atoms with Crippen molar-refractivity contribution in [2.45, 2.75) is 0 Å². The highest BCUT2D eigenvalue weighted by Gasteiger charge is 2.05. The van der Waals surface area contributed by atoms with Gasteiger partial charge in [-0.2, -0.15) is 0 Å². The Bertz CT molecular complexity index is 770. The van der Waals surface area contributed by atoms with Gasteiger partial charge in [-0.05, 0) is 30.2 Å². The van der Waals surface area contributed by atoms with E-state index in [1.54, 1.807) is 0 Å². The van der Waals surface area contributed by atoms with Crippen LogP contribution in [0.1, 0.15) is 5.56 Å². The van der Waals surface area contributed by atoms with Gasteiger partial charge in [-0.25, -0.2) is 0 Å². The molecule has 0 saturated carbocycles. The Kier molecular flexibility index (Phi) is 2.16. The van der Waals surface area contributed by atoms with Crippen LogP contribution in [0.25, 0.3) is 21.9 Å². The van der Waals surface area contributed by atoms with E-state index >= 15 is 0 Å². The lowest BCUT2D eigenvalue weighted by atomic mass is 10.1. The fourth-order valence-corrected chi connectivity index (χ4v) is 1.92. The van der Waals surface area contributed by atoms with Gasteiger partial charge in [-0.3, -0.25) is 4.79 Å². The molecule has 80 valence electrons. The molecule has 0 fully saturated rings. The van der Waals surface area contributed by atoms with Gasteiger partial charge in [-0.15, -0.1) is 0 Å². The van der Waals surface area contributed by atoms with Crippen LogP contribution in [0, 0.1) is 11.8 Å². The summed E-state index contributed by atoms with van der Waals surface area (Å²) >= 11 is 0. The average molecular weight is 220 g/mol. The van der Waals surface area contributed by atoms with E-state index in [4.69, 9.17) is 4.42 Å². The lowest BCUT2D eigenvalue weighted by molar-refractivity contribution is -0.103. The van der Waals surface area contributed by atoms with E-state index in [-0.39, 0.29) is 0 Å². The zero-order valence-corrected chi connectivity index (χ0v) is 8.94. The maximum absolute atomic E-state index is 10.2. The van der Waals surface area contributed by atoms with Crippen molar-refractivity contribution >= 4 is 28.2 Å². The molecular weight excluding hydrogens is 212 g/mol. The van der Waals surface area contributed by atoms with Crippen LogP contribution in [0.2, 0.25) is 0 Å². The molecule has 0 spiro atoms. The minimum atomic E-state index is 0.595. The predicted octanol–water partition coefficient (Wildman–Crippen LogP) is 3.14. The average Bonchev–Trinajstić information content (AvgIpc) is 2.74. The molecule has 0 saturated heterocycles. The molecule has 2 nitrogen and oxygen atoms in total. The molecule has 0 radical (unpaired) electrons. The van der Waals surface area contributed by atoms with E-state index in [1.165, 1.54) is 0 Å². The largest absolute Gasteiger partial charge is 0.456 e. The van der Waals surface area contributed by atoms with Crippen LogP contribution in [0.15, 0.2) is 46.9 Å². The third-order valence-electron chi connectivity index (χ3n) is 2.65. The molecule has 0 bridgehead atoms. The number of hydrogen-bond acceptors (Lipinski definition) is 2. The number of para-hydroxylation sites is 1. The van der Waals surface area contributed by atoms with Gasteiger partial charge in [0.2, 0.25) is 0 Å². The molecule has 3 rings (SSSR count). The first kappa shape index (κ1) is 9.68. The first-order valence-electron chi connectivity index (χ1n) is 5.25. The molecule has 0 amide bonds. The Morgan fingerprint density at radius 3 is 2.71 bits per heavy atom. The van der Waals surface area contributed by atoms with Crippen LogP contribution in [0.3, 0.4) is 0 Å². The molecule has 0 aliphatic rings. The second kappa shape index (κ2) is 3.80. The topological polar surface area (TPSA) is 30.2 Å². The van der Waals surface area contributed by atoms with Crippen molar-refractivity contribution in [1.29, 1.82) is 0 Å². The number of carbonyl (C=O) groups is 1. The van der Waals surface area contributed by atoms with Gasteiger partial charge >= 0.3 is 0 Å².